The molecule has 5 atom stereocenters. The normalized spacial score (nSPS) is 38.9. The minimum Gasteiger partial charge on any atom is -0.491 e. The van der Waals surface area contributed by atoms with Gasteiger partial charge in [0.2, 0.25) is 0 Å². The molecule has 2 heteroatoms. The van der Waals surface area contributed by atoms with Crippen LogP contribution < -0.4 is 10.5 Å². The summed E-state index contributed by atoms with van der Waals surface area (Å²) < 4.78 is 5.80. The van der Waals surface area contributed by atoms with Gasteiger partial charge in [0, 0.05) is 6.04 Å². The number of rotatable bonds is 4. The molecule has 4 rings (SSSR count). The quantitative estimate of drug-likeness (QED) is 0.905. The molecule has 108 valence electrons. The van der Waals surface area contributed by atoms with Gasteiger partial charge >= 0.3 is 0 Å². The molecule has 0 saturated heterocycles. The summed E-state index contributed by atoms with van der Waals surface area (Å²) in [5.74, 6) is 5.58. The highest BCUT2D eigenvalue weighted by Crippen LogP contribution is 2.71. The molecule has 2 nitrogen and oxygen atoms in total. The van der Waals surface area contributed by atoms with Crippen LogP contribution in [-0.4, -0.2) is 6.10 Å². The topological polar surface area (TPSA) is 35.2 Å². The summed E-state index contributed by atoms with van der Waals surface area (Å²) in [4.78, 5) is 0. The molecule has 20 heavy (non-hydrogen) atoms. The molecule has 3 saturated carbocycles. The first-order valence-corrected chi connectivity index (χ1v) is 8.17. The zero-order chi connectivity index (χ0) is 13.9. The van der Waals surface area contributed by atoms with Gasteiger partial charge in [0.1, 0.15) is 5.75 Å². The lowest BCUT2D eigenvalue weighted by molar-refractivity contribution is 0.242. The van der Waals surface area contributed by atoms with Crippen molar-refractivity contribution < 1.29 is 4.74 Å². The molecule has 2 bridgehead atoms. The number of fused-ring (bicyclic) bond motifs is 5. The van der Waals surface area contributed by atoms with Gasteiger partial charge in [-0.1, -0.05) is 12.1 Å². The molecule has 0 spiro atoms. The van der Waals surface area contributed by atoms with E-state index >= 15 is 0 Å². The van der Waals surface area contributed by atoms with Gasteiger partial charge in [0.15, 0.2) is 0 Å². The van der Waals surface area contributed by atoms with Crippen molar-refractivity contribution in [2.75, 3.05) is 0 Å². The van der Waals surface area contributed by atoms with Gasteiger partial charge in [-0.25, -0.2) is 0 Å². The highest BCUT2D eigenvalue weighted by molar-refractivity contribution is 5.33. The maximum absolute atomic E-state index is 6.59. The van der Waals surface area contributed by atoms with E-state index in [0.717, 1.165) is 35.3 Å². The minimum absolute atomic E-state index is 0.212. The van der Waals surface area contributed by atoms with Crippen LogP contribution in [0.25, 0.3) is 0 Å². The first-order chi connectivity index (χ1) is 9.65. The zero-order valence-electron chi connectivity index (χ0n) is 12.5. The predicted molar refractivity (Wildman–Crippen MR) is 80.4 cm³/mol. The van der Waals surface area contributed by atoms with Crippen LogP contribution in [-0.2, 0) is 0 Å². The van der Waals surface area contributed by atoms with Gasteiger partial charge in [-0.05, 0) is 80.4 Å². The third kappa shape index (κ3) is 1.88. The highest BCUT2D eigenvalue weighted by atomic mass is 16.5. The van der Waals surface area contributed by atoms with Gasteiger partial charge in [0.25, 0.3) is 0 Å². The lowest BCUT2D eigenvalue weighted by Crippen LogP contribution is -2.17. The van der Waals surface area contributed by atoms with E-state index < -0.39 is 0 Å². The monoisotopic (exact) mass is 271 g/mol. The predicted octanol–water partition coefficient (Wildman–Crippen LogP) is 3.77. The van der Waals surface area contributed by atoms with Crippen molar-refractivity contribution in [1.29, 1.82) is 0 Å². The van der Waals surface area contributed by atoms with Gasteiger partial charge in [0.05, 0.1) is 6.10 Å². The highest BCUT2D eigenvalue weighted by Gasteiger charge is 2.66. The van der Waals surface area contributed by atoms with Crippen LogP contribution in [0.3, 0.4) is 0 Å². The molecule has 0 amide bonds. The van der Waals surface area contributed by atoms with E-state index in [0.29, 0.717) is 0 Å². The van der Waals surface area contributed by atoms with Gasteiger partial charge in [-0.15, -0.1) is 0 Å². The van der Waals surface area contributed by atoms with Crippen LogP contribution in [0.1, 0.15) is 44.7 Å². The fourth-order valence-electron chi connectivity index (χ4n) is 5.16. The van der Waals surface area contributed by atoms with Crippen LogP contribution in [0.5, 0.6) is 5.75 Å². The van der Waals surface area contributed by atoms with Crippen molar-refractivity contribution in [3.05, 3.63) is 29.8 Å². The Morgan fingerprint density at radius 3 is 2.50 bits per heavy atom. The number of benzene rings is 1. The second-order valence-corrected chi connectivity index (χ2v) is 7.33. The van der Waals surface area contributed by atoms with E-state index in [1.807, 2.05) is 6.07 Å². The number of hydrogen-bond donors (Lipinski definition) is 1. The largest absolute Gasteiger partial charge is 0.491 e. The van der Waals surface area contributed by atoms with E-state index in [1.54, 1.807) is 0 Å². The number of nitrogens with two attached hydrogens (primary N) is 1. The Morgan fingerprint density at radius 1 is 1.15 bits per heavy atom. The molecule has 0 heterocycles. The lowest BCUT2D eigenvalue weighted by Gasteiger charge is -2.18. The third-order valence-corrected chi connectivity index (χ3v) is 5.82. The Morgan fingerprint density at radius 2 is 1.85 bits per heavy atom. The van der Waals surface area contributed by atoms with Gasteiger partial charge in [-0.2, -0.15) is 0 Å². The average Bonchev–Trinajstić information content (AvgIpc) is 2.85. The van der Waals surface area contributed by atoms with Crippen molar-refractivity contribution in [2.24, 2.45) is 35.3 Å². The third-order valence-electron chi connectivity index (χ3n) is 5.82. The van der Waals surface area contributed by atoms with Crippen molar-refractivity contribution in [3.63, 3.8) is 0 Å². The van der Waals surface area contributed by atoms with Crippen LogP contribution in [0.2, 0.25) is 0 Å². The molecule has 0 aliphatic heterocycles. The summed E-state index contributed by atoms with van der Waals surface area (Å²) in [6.07, 6.45) is 4.64. The Hall–Kier alpha value is -1.02. The van der Waals surface area contributed by atoms with Crippen molar-refractivity contribution >= 4 is 0 Å². The zero-order valence-corrected chi connectivity index (χ0v) is 12.5. The van der Waals surface area contributed by atoms with E-state index in [-0.39, 0.29) is 12.1 Å². The fourth-order valence-corrected chi connectivity index (χ4v) is 5.16. The van der Waals surface area contributed by atoms with Crippen molar-refractivity contribution in [2.45, 2.75) is 45.3 Å². The molecular weight excluding hydrogens is 246 g/mol. The molecule has 0 aromatic heterocycles. The molecule has 1 aromatic carbocycles. The minimum atomic E-state index is 0.212. The first kappa shape index (κ1) is 12.7. The number of hydrogen-bond acceptors (Lipinski definition) is 2. The lowest BCUT2D eigenvalue weighted by atomic mass is 9.93. The first-order valence-electron chi connectivity index (χ1n) is 8.17. The molecule has 3 fully saturated rings. The SMILES string of the molecule is CC(C)Oc1cccc(C(N)C2C3C4CCC(C4)C32)c1. The molecule has 5 unspecified atom stereocenters. The molecular formula is C18H25NO. The van der Waals surface area contributed by atoms with E-state index in [1.165, 1.54) is 24.8 Å². The summed E-state index contributed by atoms with van der Waals surface area (Å²) in [7, 11) is 0. The maximum atomic E-state index is 6.59. The fraction of sp³-hybridized carbons (Fsp3) is 0.667. The summed E-state index contributed by atoms with van der Waals surface area (Å²) in [6, 6.07) is 8.66. The van der Waals surface area contributed by atoms with Gasteiger partial charge in [-0.3, -0.25) is 0 Å². The standard InChI is InChI=1S/C18H25NO/c1-10(2)20-14-5-3-4-13(9-14)18(19)17-15-11-6-7-12(8-11)16(15)17/h3-5,9-12,15-18H,6-8,19H2,1-2H3. The second kappa shape index (κ2) is 4.49. The molecule has 2 N–H and O–H groups in total. The van der Waals surface area contributed by atoms with Gasteiger partial charge < -0.3 is 10.5 Å². The van der Waals surface area contributed by atoms with E-state index in [4.69, 9.17) is 10.5 Å². The Labute approximate surface area is 121 Å². The molecule has 0 radical (unpaired) electrons. The van der Waals surface area contributed by atoms with Crippen LogP contribution >= 0.6 is 0 Å². The maximum Gasteiger partial charge on any atom is 0.120 e. The molecule has 3 aliphatic carbocycles. The molecule has 3 aliphatic rings. The Kier molecular flexibility index (Phi) is 2.85. The average molecular weight is 271 g/mol. The van der Waals surface area contributed by atoms with Crippen molar-refractivity contribution in [3.8, 4) is 5.75 Å². The summed E-state index contributed by atoms with van der Waals surface area (Å²) in [5.41, 5.74) is 7.85. The number of ether oxygens (including phenoxy) is 1. The van der Waals surface area contributed by atoms with Crippen LogP contribution in [0.4, 0.5) is 0 Å². The second-order valence-electron chi connectivity index (χ2n) is 7.33. The smallest absolute Gasteiger partial charge is 0.120 e. The Bertz CT molecular complexity index is 496. The van der Waals surface area contributed by atoms with Crippen molar-refractivity contribution in [1.82, 2.24) is 0 Å². The Balaban J connectivity index is 1.51. The van der Waals surface area contributed by atoms with Crippen LogP contribution in [0, 0.1) is 29.6 Å². The van der Waals surface area contributed by atoms with E-state index in [2.05, 4.69) is 32.0 Å². The molecule has 1 aromatic rings. The van der Waals surface area contributed by atoms with Crippen LogP contribution in [0.15, 0.2) is 24.3 Å². The summed E-state index contributed by atoms with van der Waals surface area (Å²) >= 11 is 0. The summed E-state index contributed by atoms with van der Waals surface area (Å²) in [6.45, 7) is 4.13. The van der Waals surface area contributed by atoms with E-state index in [9.17, 15) is 0 Å². The summed E-state index contributed by atoms with van der Waals surface area (Å²) in [5, 5.41) is 0.